The maximum Gasteiger partial charge on any atom is 0.472 e. The number of hydrogen-bond acceptors (Lipinski definition) is 15. The Morgan fingerprint density at radius 3 is 0.865 bits per heavy atom. The van der Waals surface area contributed by atoms with Gasteiger partial charge >= 0.3 is 39.5 Å². The number of carbonyl (C=O) groups is 4. The molecule has 0 aromatic rings. The van der Waals surface area contributed by atoms with Gasteiger partial charge in [0.1, 0.15) is 19.3 Å². The molecule has 560 valence electrons. The quantitative estimate of drug-likeness (QED) is 0.0169. The average molecular weight is 1400 g/mol. The molecule has 3 N–H and O–H groups in total. The molecule has 19 heteroatoms. The fraction of sp³-hybridized carbons (Fsp3) is 0.818. The SMILES string of the molecule is CC/C=C\C/C=C\C/C=C\C/C=C\CCCCC(=O)OCC(COP(=O)(O)OCC(O)COP(=O)(O)OCC(COC(=O)CCCCCCC/C=C\CCCCCCCC)OC(=O)CCCCCCCCCCCCCCC)OC(=O)CCCCCCCCCCCCCCC. The first-order valence-corrected chi connectivity index (χ1v) is 41.5. The average Bonchev–Trinajstić information content (AvgIpc) is 1.14. The number of hydrogen-bond donors (Lipinski definition) is 3. The van der Waals surface area contributed by atoms with Crippen LogP contribution < -0.4 is 0 Å². The highest BCUT2D eigenvalue weighted by Gasteiger charge is 2.30. The Labute approximate surface area is 584 Å². The molecule has 0 heterocycles. The molecule has 0 saturated carbocycles. The Hall–Kier alpha value is -3.24. The molecule has 5 atom stereocenters. The lowest BCUT2D eigenvalue weighted by atomic mass is 10.0. The number of unbranched alkanes of at least 4 members (excludes halogenated alkanes) is 37. The molecule has 0 fully saturated rings. The van der Waals surface area contributed by atoms with Gasteiger partial charge in [0.25, 0.3) is 0 Å². The van der Waals surface area contributed by atoms with Crippen LogP contribution in [0.3, 0.4) is 0 Å². The van der Waals surface area contributed by atoms with E-state index in [1.165, 1.54) is 141 Å². The molecule has 5 unspecified atom stereocenters. The third-order valence-corrected chi connectivity index (χ3v) is 18.4. The second-order valence-corrected chi connectivity index (χ2v) is 28.8. The highest BCUT2D eigenvalue weighted by molar-refractivity contribution is 7.47. The van der Waals surface area contributed by atoms with Crippen molar-refractivity contribution < 1.29 is 80.2 Å². The highest BCUT2D eigenvalue weighted by Crippen LogP contribution is 2.45. The number of phosphoric acid groups is 2. The van der Waals surface area contributed by atoms with Crippen LogP contribution in [-0.2, 0) is 65.4 Å². The minimum atomic E-state index is -4.97. The summed E-state index contributed by atoms with van der Waals surface area (Å²) in [5.41, 5.74) is 0. The van der Waals surface area contributed by atoms with E-state index in [-0.39, 0.29) is 25.7 Å². The number of allylic oxidation sites excluding steroid dienone is 10. The molecule has 0 spiro atoms. The van der Waals surface area contributed by atoms with Gasteiger partial charge in [0.15, 0.2) is 12.2 Å². The van der Waals surface area contributed by atoms with Crippen LogP contribution in [0.4, 0.5) is 0 Å². The van der Waals surface area contributed by atoms with Gasteiger partial charge in [-0.1, -0.05) is 294 Å². The Bertz CT molecular complexity index is 2060. The molecule has 0 aliphatic carbocycles. The fourth-order valence-corrected chi connectivity index (χ4v) is 12.2. The fourth-order valence-electron chi connectivity index (χ4n) is 10.6. The minimum Gasteiger partial charge on any atom is -0.462 e. The smallest absolute Gasteiger partial charge is 0.462 e. The lowest BCUT2D eigenvalue weighted by molar-refractivity contribution is -0.161. The van der Waals surface area contributed by atoms with E-state index in [1.54, 1.807) is 0 Å². The van der Waals surface area contributed by atoms with E-state index in [9.17, 15) is 43.2 Å². The summed E-state index contributed by atoms with van der Waals surface area (Å²) in [7, 11) is -9.94. The molecular formula is C77H140O17P2. The molecule has 96 heavy (non-hydrogen) atoms. The molecule has 0 aliphatic heterocycles. The van der Waals surface area contributed by atoms with Crippen molar-refractivity contribution in [1.29, 1.82) is 0 Å². The van der Waals surface area contributed by atoms with Crippen molar-refractivity contribution >= 4 is 39.5 Å². The van der Waals surface area contributed by atoms with Gasteiger partial charge in [0, 0.05) is 25.7 Å². The van der Waals surface area contributed by atoms with E-state index in [4.69, 9.17) is 37.0 Å². The number of aliphatic hydroxyl groups is 1. The molecule has 0 aromatic heterocycles. The van der Waals surface area contributed by atoms with Gasteiger partial charge in [0.05, 0.1) is 26.4 Å². The van der Waals surface area contributed by atoms with Crippen molar-refractivity contribution in [2.75, 3.05) is 39.6 Å². The Morgan fingerprint density at radius 2 is 0.542 bits per heavy atom. The van der Waals surface area contributed by atoms with Gasteiger partial charge in [-0.15, -0.1) is 0 Å². The van der Waals surface area contributed by atoms with Crippen molar-refractivity contribution in [3.8, 4) is 0 Å². The maximum absolute atomic E-state index is 13.1. The predicted molar refractivity (Wildman–Crippen MR) is 390 cm³/mol. The lowest BCUT2D eigenvalue weighted by Gasteiger charge is -2.21. The summed E-state index contributed by atoms with van der Waals surface area (Å²) in [6, 6.07) is 0. The number of rotatable bonds is 73. The first-order chi connectivity index (χ1) is 46.7. The first kappa shape index (κ1) is 92.8. The molecule has 0 aliphatic rings. The van der Waals surface area contributed by atoms with Crippen LogP contribution in [0.2, 0.25) is 0 Å². The van der Waals surface area contributed by atoms with E-state index >= 15 is 0 Å². The van der Waals surface area contributed by atoms with Crippen LogP contribution in [0.25, 0.3) is 0 Å². The van der Waals surface area contributed by atoms with Crippen LogP contribution in [-0.4, -0.2) is 96.7 Å². The van der Waals surface area contributed by atoms with Gasteiger partial charge in [-0.2, -0.15) is 0 Å². The summed E-state index contributed by atoms with van der Waals surface area (Å²) in [6.45, 7) is 4.76. The van der Waals surface area contributed by atoms with Crippen LogP contribution in [0, 0.1) is 0 Å². The van der Waals surface area contributed by atoms with Crippen molar-refractivity contribution in [3.05, 3.63) is 60.8 Å². The standard InChI is InChI=1S/C77H140O17P2/c1-5-9-13-17-21-25-29-33-35-39-41-45-49-53-57-61-74(79)87-67-72(93-76(81)63-59-55-51-47-43-37-31-27-23-19-15-11-7-3)69-91-95(83,84)89-65-71(78)66-90-96(85,86)92-70-73(94-77(82)64-60-56-52-48-44-38-32-28-24-20-16-12-8-4)68-88-75(80)62-58-54-50-46-42-40-36-34-30-26-22-18-14-10-6-2/h9,13,21,25,33-36,41,45,71-73,78H,5-8,10-12,14-20,22-24,26-32,37-40,42-44,46-70H2,1-4H3,(H,83,84)(H,85,86)/b13-9-,25-21-,35-33-,36-34-,45-41-. The molecule has 0 bridgehead atoms. The van der Waals surface area contributed by atoms with Gasteiger partial charge in [-0.3, -0.25) is 37.3 Å². The van der Waals surface area contributed by atoms with Gasteiger partial charge in [-0.25, -0.2) is 9.13 Å². The van der Waals surface area contributed by atoms with E-state index in [0.717, 1.165) is 128 Å². The van der Waals surface area contributed by atoms with Crippen molar-refractivity contribution in [3.63, 3.8) is 0 Å². The third kappa shape index (κ3) is 69.2. The van der Waals surface area contributed by atoms with Gasteiger partial charge in [0.2, 0.25) is 0 Å². The second kappa shape index (κ2) is 70.2. The summed E-state index contributed by atoms with van der Waals surface area (Å²) in [5, 5.41) is 10.6. The summed E-state index contributed by atoms with van der Waals surface area (Å²) in [6.07, 6.45) is 67.8. The Morgan fingerprint density at radius 1 is 0.302 bits per heavy atom. The summed E-state index contributed by atoms with van der Waals surface area (Å²) in [5.74, 6) is -2.20. The molecule has 0 aromatic carbocycles. The third-order valence-electron chi connectivity index (χ3n) is 16.5. The van der Waals surface area contributed by atoms with Crippen molar-refractivity contribution in [2.45, 2.75) is 367 Å². The molecular weight excluding hydrogens is 1260 g/mol. The zero-order chi connectivity index (χ0) is 70.4. The molecule has 0 amide bonds. The zero-order valence-electron chi connectivity index (χ0n) is 61.1. The van der Waals surface area contributed by atoms with Crippen LogP contribution in [0.5, 0.6) is 0 Å². The molecule has 0 radical (unpaired) electrons. The van der Waals surface area contributed by atoms with Gasteiger partial charge < -0.3 is 33.8 Å². The Balaban J connectivity index is 5.34. The highest BCUT2D eigenvalue weighted by atomic mass is 31.2. The second-order valence-electron chi connectivity index (χ2n) is 25.9. The molecule has 17 nitrogen and oxygen atoms in total. The number of aliphatic hydroxyl groups excluding tert-OH is 1. The number of esters is 4. The first-order valence-electron chi connectivity index (χ1n) is 38.5. The normalized spacial score (nSPS) is 14.3. The number of phosphoric ester groups is 2. The van der Waals surface area contributed by atoms with E-state index < -0.39 is 97.5 Å². The minimum absolute atomic E-state index is 0.0917. The van der Waals surface area contributed by atoms with Crippen molar-refractivity contribution in [1.82, 2.24) is 0 Å². The largest absolute Gasteiger partial charge is 0.472 e. The van der Waals surface area contributed by atoms with E-state index in [0.29, 0.717) is 25.7 Å². The molecule has 0 rings (SSSR count). The lowest BCUT2D eigenvalue weighted by Crippen LogP contribution is -2.30. The van der Waals surface area contributed by atoms with Crippen LogP contribution >= 0.6 is 15.6 Å². The monoisotopic (exact) mass is 1400 g/mol. The Kier molecular flexibility index (Phi) is 67.8. The maximum atomic E-state index is 13.1. The molecule has 0 saturated heterocycles. The topological polar surface area (TPSA) is 237 Å². The summed E-state index contributed by atoms with van der Waals surface area (Å²) in [4.78, 5) is 72.8. The number of carbonyl (C=O) groups excluding carboxylic acids is 4. The van der Waals surface area contributed by atoms with E-state index in [2.05, 4.69) is 88.5 Å². The summed E-state index contributed by atoms with van der Waals surface area (Å²) < 4.78 is 68.4. The van der Waals surface area contributed by atoms with E-state index in [1.807, 2.05) is 0 Å². The summed E-state index contributed by atoms with van der Waals surface area (Å²) >= 11 is 0. The predicted octanol–water partition coefficient (Wildman–Crippen LogP) is 21.9. The van der Waals surface area contributed by atoms with Crippen LogP contribution in [0.1, 0.15) is 349 Å². The van der Waals surface area contributed by atoms with Crippen molar-refractivity contribution in [2.24, 2.45) is 0 Å². The van der Waals surface area contributed by atoms with Gasteiger partial charge in [-0.05, 0) is 89.9 Å². The van der Waals surface area contributed by atoms with Crippen LogP contribution in [0.15, 0.2) is 60.8 Å². The number of ether oxygens (including phenoxy) is 4. The zero-order valence-corrected chi connectivity index (χ0v) is 62.8.